The van der Waals surface area contributed by atoms with Gasteiger partial charge in [0.1, 0.15) is 0 Å². The Bertz CT molecular complexity index is 2570. The molecule has 5 atom stereocenters. The fraction of sp³-hybridized carbons (Fsp3) is 0.214. The maximum atomic E-state index is 2.60. The first-order valence-electron chi connectivity index (χ1n) is 21.6. The Morgan fingerprint density at radius 1 is 0.569 bits per heavy atom. The van der Waals surface area contributed by atoms with Crippen LogP contribution in [-0.2, 0) is 12.8 Å². The summed E-state index contributed by atoms with van der Waals surface area (Å²) >= 11 is 0. The molecule has 1 aliphatic heterocycles. The van der Waals surface area contributed by atoms with E-state index in [1.54, 1.807) is 11.1 Å². The first-order chi connectivity index (χ1) is 28.7. The maximum Gasteiger partial charge on any atom is 0.0594 e. The lowest BCUT2D eigenvalue weighted by molar-refractivity contribution is 0.311. The van der Waals surface area contributed by atoms with Crippen LogP contribution >= 0.6 is 0 Å². The molecule has 6 aromatic carbocycles. The highest BCUT2D eigenvalue weighted by atomic mass is 15.2. The zero-order valence-corrected chi connectivity index (χ0v) is 33.1. The van der Waals surface area contributed by atoms with Crippen molar-refractivity contribution in [1.29, 1.82) is 0 Å². The van der Waals surface area contributed by atoms with Crippen molar-refractivity contribution in [1.82, 2.24) is 0 Å². The summed E-state index contributed by atoms with van der Waals surface area (Å²) in [6.45, 7) is 0. The molecule has 2 heteroatoms. The van der Waals surface area contributed by atoms with Gasteiger partial charge in [0.05, 0.1) is 6.04 Å². The summed E-state index contributed by atoms with van der Waals surface area (Å²) in [6.07, 6.45) is 25.5. The third-order valence-electron chi connectivity index (χ3n) is 13.7. The second-order valence-corrected chi connectivity index (χ2v) is 17.0. The van der Waals surface area contributed by atoms with Crippen LogP contribution in [0.15, 0.2) is 194 Å². The minimum absolute atomic E-state index is 0.359. The maximum absolute atomic E-state index is 2.60. The first-order valence-corrected chi connectivity index (χ1v) is 21.6. The Labute approximate surface area is 344 Å². The average molecular weight is 751 g/mol. The van der Waals surface area contributed by atoms with Crippen molar-refractivity contribution in [3.8, 4) is 22.3 Å². The largest absolute Gasteiger partial charge is 0.334 e. The fourth-order valence-corrected chi connectivity index (χ4v) is 10.8. The van der Waals surface area contributed by atoms with E-state index in [2.05, 4.69) is 198 Å². The normalized spacial score (nSPS) is 22.7. The van der Waals surface area contributed by atoms with Crippen LogP contribution in [0, 0.1) is 11.8 Å². The van der Waals surface area contributed by atoms with Crippen molar-refractivity contribution in [3.05, 3.63) is 216 Å². The van der Waals surface area contributed by atoms with Crippen LogP contribution in [0.1, 0.15) is 66.2 Å². The molecule has 284 valence electrons. The standard InChI is InChI=1S/C56H50N2/c1-2-11-39(12-3-1)46-16-10-17-51(38-46)57(49-32-27-43(28-33-49)47-22-21-40-13-4-5-15-45(40)37-47)48-30-23-41(24-31-48)42-25-34-50(35-26-42)58-54-20-9-8-19-53(54)56-52-18-7-6-14-44(52)29-36-55(56)58/h1-3,6,8-12,14,16-17,19-27,29-38,43-44,52,55-56H,4-5,7,13,15,18,28H2. The van der Waals surface area contributed by atoms with Gasteiger partial charge in [-0.2, -0.15) is 0 Å². The van der Waals surface area contributed by atoms with Crippen molar-refractivity contribution >= 4 is 22.7 Å². The van der Waals surface area contributed by atoms with Crippen molar-refractivity contribution in [2.45, 2.75) is 62.8 Å². The van der Waals surface area contributed by atoms with Crippen molar-refractivity contribution in [2.75, 3.05) is 9.80 Å². The molecule has 0 bridgehead atoms. The Morgan fingerprint density at radius 3 is 2.16 bits per heavy atom. The molecular weight excluding hydrogens is 701 g/mol. The molecule has 0 saturated heterocycles. The van der Waals surface area contributed by atoms with Gasteiger partial charge in [-0.1, -0.05) is 140 Å². The Hall–Kier alpha value is -6.12. The molecule has 0 saturated carbocycles. The molecule has 58 heavy (non-hydrogen) atoms. The fourth-order valence-electron chi connectivity index (χ4n) is 10.8. The van der Waals surface area contributed by atoms with Gasteiger partial charge in [0.15, 0.2) is 0 Å². The number of hydrogen-bond donors (Lipinski definition) is 0. The van der Waals surface area contributed by atoms with Gasteiger partial charge in [-0.05, 0) is 150 Å². The molecule has 6 aromatic rings. The molecule has 1 heterocycles. The topological polar surface area (TPSA) is 6.48 Å². The lowest BCUT2D eigenvalue weighted by atomic mass is 9.68. The second-order valence-electron chi connectivity index (χ2n) is 17.0. The van der Waals surface area contributed by atoms with Crippen LogP contribution in [0.5, 0.6) is 0 Å². The van der Waals surface area contributed by atoms with Crippen LogP contribution in [0.3, 0.4) is 0 Å². The van der Waals surface area contributed by atoms with Crippen LogP contribution in [-0.4, -0.2) is 6.04 Å². The molecule has 0 fully saturated rings. The van der Waals surface area contributed by atoms with E-state index in [-0.39, 0.29) is 0 Å². The zero-order valence-electron chi connectivity index (χ0n) is 33.1. The number of aryl methyl sites for hydroxylation is 2. The summed E-state index contributed by atoms with van der Waals surface area (Å²) in [4.78, 5) is 5.03. The van der Waals surface area contributed by atoms with E-state index in [4.69, 9.17) is 0 Å². The highest BCUT2D eigenvalue weighted by molar-refractivity contribution is 5.79. The zero-order chi connectivity index (χ0) is 38.4. The summed E-state index contributed by atoms with van der Waals surface area (Å²) in [5.41, 5.74) is 17.2. The number of rotatable bonds is 7. The van der Waals surface area contributed by atoms with E-state index in [0.717, 1.165) is 17.8 Å². The predicted octanol–water partition coefficient (Wildman–Crippen LogP) is 14.4. The van der Waals surface area contributed by atoms with E-state index in [9.17, 15) is 0 Å². The van der Waals surface area contributed by atoms with E-state index >= 15 is 0 Å². The van der Waals surface area contributed by atoms with Crippen LogP contribution < -0.4 is 9.80 Å². The smallest absolute Gasteiger partial charge is 0.0594 e. The quantitative estimate of drug-likeness (QED) is 0.150. The molecule has 5 unspecified atom stereocenters. The third-order valence-corrected chi connectivity index (χ3v) is 13.7. The average Bonchev–Trinajstić information content (AvgIpc) is 3.65. The SMILES string of the molecule is C1=CC2C=CC3C(c4ccccc4N3c3ccc(-c4ccc(N(C5=CCC(c6ccc7c(c6)CCCC7)C=C5)c5cccc(-c6ccccc6)c5)cc4)cc3)C2CC1. The van der Waals surface area contributed by atoms with Crippen LogP contribution in [0.25, 0.3) is 22.3 Å². The highest BCUT2D eigenvalue weighted by Crippen LogP contribution is 2.54. The second kappa shape index (κ2) is 15.0. The van der Waals surface area contributed by atoms with Gasteiger partial charge < -0.3 is 9.80 Å². The predicted molar refractivity (Wildman–Crippen MR) is 243 cm³/mol. The molecule has 0 spiro atoms. The van der Waals surface area contributed by atoms with Gasteiger partial charge in [-0.15, -0.1) is 0 Å². The van der Waals surface area contributed by atoms with Gasteiger partial charge >= 0.3 is 0 Å². The molecule has 0 amide bonds. The number of anilines is 4. The molecule has 0 aromatic heterocycles. The van der Waals surface area contributed by atoms with Crippen LogP contribution in [0.2, 0.25) is 0 Å². The summed E-state index contributed by atoms with van der Waals surface area (Å²) in [6, 6.07) is 55.0. The lowest BCUT2D eigenvalue weighted by Crippen LogP contribution is -2.37. The van der Waals surface area contributed by atoms with E-state index in [0.29, 0.717) is 29.7 Å². The Kier molecular flexibility index (Phi) is 9.07. The van der Waals surface area contributed by atoms with E-state index in [1.807, 2.05) is 0 Å². The Balaban J connectivity index is 0.889. The Morgan fingerprint density at radius 2 is 1.33 bits per heavy atom. The summed E-state index contributed by atoms with van der Waals surface area (Å²) < 4.78 is 0. The van der Waals surface area contributed by atoms with E-state index in [1.165, 1.54) is 89.0 Å². The molecule has 5 aliphatic rings. The van der Waals surface area contributed by atoms with E-state index < -0.39 is 0 Å². The number of fused-ring (bicyclic) bond motifs is 6. The number of para-hydroxylation sites is 1. The summed E-state index contributed by atoms with van der Waals surface area (Å²) in [5, 5.41) is 0. The summed E-state index contributed by atoms with van der Waals surface area (Å²) in [5.74, 6) is 2.15. The third kappa shape index (κ3) is 6.36. The molecular formula is C56H50N2. The van der Waals surface area contributed by atoms with Gasteiger partial charge in [0.2, 0.25) is 0 Å². The molecule has 4 aliphatic carbocycles. The van der Waals surface area contributed by atoms with Crippen molar-refractivity contribution in [3.63, 3.8) is 0 Å². The molecule has 0 radical (unpaired) electrons. The summed E-state index contributed by atoms with van der Waals surface area (Å²) in [7, 11) is 0. The number of allylic oxidation sites excluding steroid dienone is 6. The first kappa shape index (κ1) is 35.1. The lowest BCUT2D eigenvalue weighted by Gasteiger charge is -2.39. The molecule has 0 N–H and O–H groups in total. The molecule has 2 nitrogen and oxygen atoms in total. The molecule has 11 rings (SSSR count). The minimum atomic E-state index is 0.359. The van der Waals surface area contributed by atoms with Crippen molar-refractivity contribution < 1.29 is 0 Å². The number of benzene rings is 6. The van der Waals surface area contributed by atoms with Gasteiger partial charge in [0.25, 0.3) is 0 Å². The number of hydrogen-bond acceptors (Lipinski definition) is 2. The monoisotopic (exact) mass is 750 g/mol. The van der Waals surface area contributed by atoms with Crippen molar-refractivity contribution in [2.24, 2.45) is 11.8 Å². The minimum Gasteiger partial charge on any atom is -0.334 e. The van der Waals surface area contributed by atoms with Gasteiger partial charge in [0, 0.05) is 40.3 Å². The highest BCUT2D eigenvalue weighted by Gasteiger charge is 2.46. The van der Waals surface area contributed by atoms with Crippen LogP contribution in [0.4, 0.5) is 22.7 Å². The van der Waals surface area contributed by atoms with Gasteiger partial charge in [-0.3, -0.25) is 0 Å². The van der Waals surface area contributed by atoms with Gasteiger partial charge in [-0.25, -0.2) is 0 Å². The number of nitrogens with zero attached hydrogens (tertiary/aromatic N) is 2.